The van der Waals surface area contributed by atoms with Gasteiger partial charge in [-0.25, -0.2) is 14.5 Å². The van der Waals surface area contributed by atoms with Crippen molar-refractivity contribution in [1.29, 1.82) is 0 Å². The predicted octanol–water partition coefficient (Wildman–Crippen LogP) is 4.25. The second-order valence-electron chi connectivity index (χ2n) is 6.12. The number of nitrogens with one attached hydrogen (secondary N) is 1. The first-order valence-electron chi connectivity index (χ1n) is 8.12. The quantitative estimate of drug-likeness (QED) is 0.528. The number of aryl methyl sites for hydroxylation is 1. The first-order chi connectivity index (χ1) is 12.3. The lowest BCUT2D eigenvalue weighted by molar-refractivity contribution is 0.962. The van der Waals surface area contributed by atoms with Crippen molar-refractivity contribution < 1.29 is 0 Å². The van der Waals surface area contributed by atoms with Crippen LogP contribution in [0.5, 0.6) is 0 Å². The molecule has 0 atom stereocenters. The van der Waals surface area contributed by atoms with Crippen molar-refractivity contribution in [3.05, 3.63) is 72.9 Å². The van der Waals surface area contributed by atoms with E-state index in [1.54, 1.807) is 10.8 Å². The number of hydrogen-bond acceptors (Lipinski definition) is 3. The van der Waals surface area contributed by atoms with E-state index in [2.05, 4.69) is 57.3 Å². The summed E-state index contributed by atoms with van der Waals surface area (Å²) in [6.45, 7) is 2.12. The van der Waals surface area contributed by atoms with Crippen LogP contribution in [0.4, 0.5) is 0 Å². The van der Waals surface area contributed by atoms with Crippen molar-refractivity contribution in [3.8, 4) is 22.3 Å². The molecule has 0 saturated carbocycles. The first kappa shape index (κ1) is 13.9. The Morgan fingerprint density at radius 3 is 2.80 bits per heavy atom. The molecule has 0 unspecified atom stereocenters. The molecule has 0 aliphatic rings. The number of pyridine rings is 2. The molecule has 1 N–H and O–H groups in total. The summed E-state index contributed by atoms with van der Waals surface area (Å²) in [5, 5.41) is 5.25. The van der Waals surface area contributed by atoms with Crippen molar-refractivity contribution in [2.75, 3.05) is 0 Å². The maximum Gasteiger partial charge on any atom is 0.155 e. The molecule has 0 bridgehead atoms. The van der Waals surface area contributed by atoms with E-state index in [0.717, 1.165) is 33.4 Å². The number of aromatic amines is 1. The third kappa shape index (κ3) is 2.21. The Balaban J connectivity index is 1.71. The molecule has 4 aromatic heterocycles. The van der Waals surface area contributed by atoms with Crippen molar-refractivity contribution >= 4 is 16.7 Å². The highest BCUT2D eigenvalue weighted by atomic mass is 15.3. The average Bonchev–Trinajstić information content (AvgIpc) is 3.27. The molecule has 5 nitrogen and oxygen atoms in total. The van der Waals surface area contributed by atoms with Crippen LogP contribution in [0.1, 0.15) is 5.56 Å². The van der Waals surface area contributed by atoms with Gasteiger partial charge < -0.3 is 4.98 Å². The molecule has 0 fully saturated rings. The third-order valence-corrected chi connectivity index (χ3v) is 4.58. The largest absolute Gasteiger partial charge is 0.346 e. The number of hydrogen-bond donors (Lipinski definition) is 1. The molecule has 5 aromatic rings. The minimum atomic E-state index is 0.829. The average molecular weight is 325 g/mol. The van der Waals surface area contributed by atoms with Crippen LogP contribution in [0.25, 0.3) is 38.9 Å². The summed E-state index contributed by atoms with van der Waals surface area (Å²) >= 11 is 0. The van der Waals surface area contributed by atoms with Gasteiger partial charge in [-0.15, -0.1) is 0 Å². The summed E-state index contributed by atoms with van der Waals surface area (Å²) in [6.07, 6.45) is 7.41. The maximum atomic E-state index is 4.61. The van der Waals surface area contributed by atoms with Crippen LogP contribution in [0.2, 0.25) is 0 Å². The van der Waals surface area contributed by atoms with Crippen LogP contribution in [0.15, 0.2) is 67.4 Å². The van der Waals surface area contributed by atoms with Crippen LogP contribution < -0.4 is 0 Å². The van der Waals surface area contributed by atoms with Gasteiger partial charge in [-0.05, 0) is 41.8 Å². The number of fused-ring (bicyclic) bond motifs is 2. The lowest BCUT2D eigenvalue weighted by atomic mass is 10.00. The molecule has 0 saturated heterocycles. The van der Waals surface area contributed by atoms with Crippen molar-refractivity contribution in [3.63, 3.8) is 0 Å². The number of nitrogens with zero attached hydrogens (tertiary/aromatic N) is 4. The van der Waals surface area contributed by atoms with Crippen LogP contribution >= 0.6 is 0 Å². The van der Waals surface area contributed by atoms with Gasteiger partial charge in [0, 0.05) is 35.1 Å². The number of aromatic nitrogens is 5. The summed E-state index contributed by atoms with van der Waals surface area (Å²) in [5.74, 6) is 0. The van der Waals surface area contributed by atoms with Gasteiger partial charge in [0.05, 0.1) is 0 Å². The second-order valence-corrected chi connectivity index (χ2v) is 6.12. The molecule has 25 heavy (non-hydrogen) atoms. The molecular formula is C20H15N5. The molecule has 0 aliphatic heterocycles. The molecule has 5 heteroatoms. The maximum absolute atomic E-state index is 4.61. The van der Waals surface area contributed by atoms with Gasteiger partial charge in [-0.1, -0.05) is 24.3 Å². The molecule has 0 aliphatic carbocycles. The van der Waals surface area contributed by atoms with Crippen molar-refractivity contribution in [1.82, 2.24) is 24.6 Å². The molecule has 1 aromatic carbocycles. The van der Waals surface area contributed by atoms with E-state index in [0.29, 0.717) is 0 Å². The zero-order valence-electron chi connectivity index (χ0n) is 13.6. The highest BCUT2D eigenvalue weighted by Gasteiger charge is 2.11. The van der Waals surface area contributed by atoms with E-state index in [-0.39, 0.29) is 0 Å². The van der Waals surface area contributed by atoms with Gasteiger partial charge in [0.2, 0.25) is 0 Å². The van der Waals surface area contributed by atoms with Gasteiger partial charge in [0.25, 0.3) is 0 Å². The summed E-state index contributed by atoms with van der Waals surface area (Å²) < 4.78 is 1.76. The van der Waals surface area contributed by atoms with Gasteiger partial charge in [-0.2, -0.15) is 5.10 Å². The number of benzene rings is 1. The zero-order chi connectivity index (χ0) is 16.8. The molecule has 5 rings (SSSR count). The Morgan fingerprint density at radius 1 is 0.960 bits per heavy atom. The second kappa shape index (κ2) is 5.27. The summed E-state index contributed by atoms with van der Waals surface area (Å²) in [7, 11) is 0. The lowest BCUT2D eigenvalue weighted by Crippen LogP contribution is -1.88. The fourth-order valence-corrected chi connectivity index (χ4v) is 3.27. The Hall–Kier alpha value is -3.47. The van der Waals surface area contributed by atoms with Gasteiger partial charge in [0.15, 0.2) is 5.65 Å². The highest BCUT2D eigenvalue weighted by Crippen LogP contribution is 2.32. The SMILES string of the molecule is Cc1ccccc1-c1cnc2[nH]cc(-c3ccn4ncnc4c3)c2c1. The van der Waals surface area contributed by atoms with E-state index in [9.17, 15) is 0 Å². The van der Waals surface area contributed by atoms with E-state index in [1.165, 1.54) is 11.1 Å². The highest BCUT2D eigenvalue weighted by molar-refractivity contribution is 5.96. The summed E-state index contributed by atoms with van der Waals surface area (Å²) in [6, 6.07) is 14.7. The molecular weight excluding hydrogens is 310 g/mol. The van der Waals surface area contributed by atoms with E-state index in [1.807, 2.05) is 30.7 Å². The molecule has 0 amide bonds. The molecule has 120 valence electrons. The third-order valence-electron chi connectivity index (χ3n) is 4.58. The topological polar surface area (TPSA) is 58.9 Å². The van der Waals surface area contributed by atoms with Gasteiger partial charge in [-0.3, -0.25) is 0 Å². The smallest absolute Gasteiger partial charge is 0.155 e. The summed E-state index contributed by atoms with van der Waals surface area (Å²) in [5.41, 5.74) is 7.49. The van der Waals surface area contributed by atoms with E-state index in [4.69, 9.17) is 0 Å². The molecule has 0 spiro atoms. The predicted molar refractivity (Wildman–Crippen MR) is 98.2 cm³/mol. The molecule has 4 heterocycles. The van der Waals surface area contributed by atoms with Gasteiger partial charge in [0.1, 0.15) is 12.0 Å². The monoisotopic (exact) mass is 325 g/mol. The molecule has 0 radical (unpaired) electrons. The summed E-state index contributed by atoms with van der Waals surface area (Å²) in [4.78, 5) is 12.1. The lowest BCUT2D eigenvalue weighted by Gasteiger charge is -2.06. The van der Waals surface area contributed by atoms with Crippen LogP contribution in [0.3, 0.4) is 0 Å². The minimum absolute atomic E-state index is 0.829. The Kier molecular flexibility index (Phi) is 2.94. The van der Waals surface area contributed by atoms with Crippen LogP contribution in [0, 0.1) is 6.92 Å². The van der Waals surface area contributed by atoms with Crippen LogP contribution in [-0.2, 0) is 0 Å². The fourth-order valence-electron chi connectivity index (χ4n) is 3.27. The Bertz CT molecular complexity index is 1220. The van der Waals surface area contributed by atoms with Crippen LogP contribution in [-0.4, -0.2) is 24.6 Å². The fraction of sp³-hybridized carbons (Fsp3) is 0.0500. The Labute approximate surface area is 144 Å². The number of H-pyrrole nitrogens is 1. The normalized spacial score (nSPS) is 11.4. The number of rotatable bonds is 2. The van der Waals surface area contributed by atoms with E-state index < -0.39 is 0 Å². The van der Waals surface area contributed by atoms with E-state index >= 15 is 0 Å². The zero-order valence-corrected chi connectivity index (χ0v) is 13.6. The van der Waals surface area contributed by atoms with Crippen molar-refractivity contribution in [2.24, 2.45) is 0 Å². The Morgan fingerprint density at radius 2 is 1.88 bits per heavy atom. The minimum Gasteiger partial charge on any atom is -0.346 e. The standard InChI is InChI=1S/C20H15N5/c1-13-4-2-3-5-16(13)15-8-17-18(11-22-20(17)21-10-15)14-6-7-25-19(9-14)23-12-24-25/h2-12H,1H3,(H,21,22). The van der Waals surface area contributed by atoms with Crippen molar-refractivity contribution in [2.45, 2.75) is 6.92 Å². The first-order valence-corrected chi connectivity index (χ1v) is 8.12. The van der Waals surface area contributed by atoms with Gasteiger partial charge >= 0.3 is 0 Å².